The average Bonchev–Trinajstić information content (AvgIpc) is 2.41. The van der Waals surface area contributed by atoms with Gasteiger partial charge in [-0.2, -0.15) is 16.8 Å². The van der Waals surface area contributed by atoms with E-state index in [4.69, 9.17) is 0 Å². The zero-order chi connectivity index (χ0) is 16.0. The molecule has 0 aromatic carbocycles. The van der Waals surface area contributed by atoms with E-state index < -0.39 is 44.0 Å². The smallest absolute Gasteiger partial charge is 0.265 e. The molecule has 0 saturated heterocycles. The fourth-order valence-electron chi connectivity index (χ4n) is 1.12. The van der Waals surface area contributed by atoms with Crippen LogP contribution in [0.3, 0.4) is 0 Å². The Labute approximate surface area is 118 Å². The molecule has 0 N–H and O–H groups in total. The van der Waals surface area contributed by atoms with Gasteiger partial charge in [-0.3, -0.25) is 8.37 Å². The van der Waals surface area contributed by atoms with Gasteiger partial charge in [0.15, 0.2) is 0 Å². The summed E-state index contributed by atoms with van der Waals surface area (Å²) in [6, 6.07) is 0. The normalized spacial score (nSPS) is 17.6. The van der Waals surface area contributed by atoms with E-state index >= 15 is 0 Å². The summed E-state index contributed by atoms with van der Waals surface area (Å²) >= 11 is 0. The van der Waals surface area contributed by atoms with Crippen molar-refractivity contribution in [2.24, 2.45) is 0 Å². The van der Waals surface area contributed by atoms with Crippen LogP contribution in [-0.2, 0) is 28.6 Å². The maximum atomic E-state index is 13.1. The topological polar surface area (TPSA) is 86.7 Å². The zero-order valence-electron chi connectivity index (χ0n) is 11.6. The third-order valence-electron chi connectivity index (χ3n) is 2.41. The van der Waals surface area contributed by atoms with Crippen molar-refractivity contribution in [3.63, 3.8) is 0 Å². The van der Waals surface area contributed by atoms with Gasteiger partial charge in [0.25, 0.3) is 20.2 Å². The second-order valence-electron chi connectivity index (χ2n) is 4.03. The Hall–Kier alpha value is -0.320. The lowest BCUT2D eigenvalue weighted by atomic mass is 10.3. The van der Waals surface area contributed by atoms with Crippen LogP contribution in [0.2, 0.25) is 0 Å². The van der Waals surface area contributed by atoms with Gasteiger partial charge in [0, 0.05) is 0 Å². The molecule has 0 aliphatic heterocycles. The second-order valence-corrected chi connectivity index (χ2v) is 7.46. The van der Waals surface area contributed by atoms with Crippen LogP contribution in [0.25, 0.3) is 0 Å². The first-order valence-corrected chi connectivity index (χ1v) is 9.13. The number of hydrogen-bond acceptors (Lipinski definition) is 6. The number of hydrogen-bond donors (Lipinski definition) is 0. The van der Waals surface area contributed by atoms with E-state index in [2.05, 4.69) is 8.37 Å². The van der Waals surface area contributed by atoms with Crippen LogP contribution in [-0.4, -0.2) is 40.6 Å². The van der Waals surface area contributed by atoms with E-state index in [1.807, 2.05) is 0 Å². The maximum Gasteiger partial charge on any atom is 0.300 e. The minimum absolute atomic E-state index is 0.0638. The fraction of sp³-hybridized carbons (Fsp3) is 1.00. The molecule has 122 valence electrons. The van der Waals surface area contributed by atoms with E-state index in [-0.39, 0.29) is 19.3 Å². The van der Waals surface area contributed by atoms with E-state index in [0.717, 1.165) is 0 Å². The summed E-state index contributed by atoms with van der Waals surface area (Å²) in [4.78, 5) is 0. The molecular weight excluding hydrogens is 318 g/mol. The van der Waals surface area contributed by atoms with Crippen LogP contribution < -0.4 is 0 Å². The van der Waals surface area contributed by atoms with Gasteiger partial charge >= 0.3 is 0 Å². The van der Waals surface area contributed by atoms with Crippen molar-refractivity contribution in [2.45, 2.75) is 57.1 Å². The predicted octanol–water partition coefficient (Wildman–Crippen LogP) is 1.87. The van der Waals surface area contributed by atoms with Crippen molar-refractivity contribution in [1.29, 1.82) is 0 Å². The van der Waals surface area contributed by atoms with Crippen LogP contribution in [0.1, 0.15) is 40.0 Å². The van der Waals surface area contributed by atoms with Gasteiger partial charge < -0.3 is 0 Å². The molecule has 0 rings (SSSR count). The van der Waals surface area contributed by atoms with Crippen molar-refractivity contribution < 1.29 is 34.0 Å². The van der Waals surface area contributed by atoms with Crippen molar-refractivity contribution in [3.05, 3.63) is 0 Å². The molecule has 10 heteroatoms. The highest BCUT2D eigenvalue weighted by molar-refractivity contribution is 7.87. The summed E-state index contributed by atoms with van der Waals surface area (Å²) in [7, 11) is -8.88. The van der Waals surface area contributed by atoms with E-state index in [9.17, 15) is 25.6 Å². The van der Waals surface area contributed by atoms with Gasteiger partial charge in [-0.25, -0.2) is 8.78 Å². The Morgan fingerprint density at radius 1 is 0.850 bits per heavy atom. The van der Waals surface area contributed by atoms with Crippen molar-refractivity contribution in [1.82, 2.24) is 0 Å². The SMILES string of the molecule is CCC(COS(=O)(=O)C(F)CC)OS(=O)(=O)C(F)CC. The van der Waals surface area contributed by atoms with Crippen molar-refractivity contribution in [2.75, 3.05) is 6.61 Å². The molecule has 3 unspecified atom stereocenters. The molecule has 0 saturated carbocycles. The number of rotatable bonds is 10. The van der Waals surface area contributed by atoms with Gasteiger partial charge in [-0.05, 0) is 19.3 Å². The van der Waals surface area contributed by atoms with E-state index in [0.29, 0.717) is 0 Å². The zero-order valence-corrected chi connectivity index (χ0v) is 13.2. The molecule has 0 bridgehead atoms. The Kier molecular flexibility index (Phi) is 8.07. The minimum Gasteiger partial charge on any atom is -0.265 e. The summed E-state index contributed by atoms with van der Waals surface area (Å²) in [6.45, 7) is 3.46. The summed E-state index contributed by atoms with van der Waals surface area (Å²) < 4.78 is 80.4. The highest BCUT2D eigenvalue weighted by atomic mass is 32.2. The van der Waals surface area contributed by atoms with Crippen LogP contribution in [0.5, 0.6) is 0 Å². The van der Waals surface area contributed by atoms with Crippen molar-refractivity contribution >= 4 is 20.2 Å². The first-order valence-electron chi connectivity index (χ1n) is 6.19. The average molecular weight is 338 g/mol. The van der Waals surface area contributed by atoms with Crippen LogP contribution in [0.4, 0.5) is 8.78 Å². The molecule has 20 heavy (non-hydrogen) atoms. The highest BCUT2D eigenvalue weighted by Gasteiger charge is 2.30. The lowest BCUT2D eigenvalue weighted by Gasteiger charge is -2.17. The summed E-state index contributed by atoms with van der Waals surface area (Å²) in [6.07, 6.45) is -1.71. The van der Waals surface area contributed by atoms with E-state index in [1.54, 1.807) is 0 Å². The highest BCUT2D eigenvalue weighted by Crippen LogP contribution is 2.16. The van der Waals surface area contributed by atoms with E-state index in [1.165, 1.54) is 20.8 Å². The molecule has 0 aliphatic rings. The molecule has 0 aromatic heterocycles. The molecule has 0 aliphatic carbocycles. The molecule has 0 spiro atoms. The van der Waals surface area contributed by atoms with Gasteiger partial charge in [0.1, 0.15) is 6.10 Å². The van der Waals surface area contributed by atoms with Crippen LogP contribution >= 0.6 is 0 Å². The number of halogens is 2. The molecule has 0 heterocycles. The quantitative estimate of drug-likeness (QED) is 0.565. The standard InChI is InChI=1S/C10H20F2O6S2/c1-4-8(18-20(15,16)10(12)6-3)7-17-19(13,14)9(11)5-2/h8-10H,4-7H2,1-3H3. The lowest BCUT2D eigenvalue weighted by molar-refractivity contribution is 0.124. The minimum atomic E-state index is -4.45. The Morgan fingerprint density at radius 3 is 1.70 bits per heavy atom. The molecule has 3 atom stereocenters. The molecular formula is C10H20F2O6S2. The summed E-state index contributed by atoms with van der Waals surface area (Å²) in [5, 5.41) is 0. The van der Waals surface area contributed by atoms with Gasteiger partial charge in [-0.1, -0.05) is 20.8 Å². The first kappa shape index (κ1) is 19.7. The lowest BCUT2D eigenvalue weighted by Crippen LogP contribution is -2.30. The van der Waals surface area contributed by atoms with Crippen molar-refractivity contribution in [3.8, 4) is 0 Å². The van der Waals surface area contributed by atoms with Crippen LogP contribution in [0.15, 0.2) is 0 Å². The molecule has 0 amide bonds. The molecule has 0 radical (unpaired) electrons. The molecule has 0 fully saturated rings. The van der Waals surface area contributed by atoms with Gasteiger partial charge in [-0.15, -0.1) is 0 Å². The molecule has 0 aromatic rings. The Balaban J connectivity index is 4.67. The van der Waals surface area contributed by atoms with Gasteiger partial charge in [0.05, 0.1) is 6.61 Å². The molecule has 6 nitrogen and oxygen atoms in total. The number of alkyl halides is 2. The summed E-state index contributed by atoms with van der Waals surface area (Å²) in [5.74, 6) is 0. The Morgan fingerprint density at radius 2 is 1.30 bits per heavy atom. The third-order valence-corrected chi connectivity index (χ3v) is 5.34. The Bertz CT molecular complexity index is 476. The van der Waals surface area contributed by atoms with Gasteiger partial charge in [0.2, 0.25) is 11.0 Å². The maximum absolute atomic E-state index is 13.1. The van der Waals surface area contributed by atoms with Crippen LogP contribution in [0, 0.1) is 0 Å². The fourth-order valence-corrected chi connectivity index (χ4v) is 3.11. The second kappa shape index (κ2) is 8.20. The predicted molar refractivity (Wildman–Crippen MR) is 69.3 cm³/mol. The third kappa shape index (κ3) is 5.98. The largest absolute Gasteiger partial charge is 0.300 e. The monoisotopic (exact) mass is 338 g/mol. The summed E-state index contributed by atoms with van der Waals surface area (Å²) in [5.41, 5.74) is -4.39. The first-order chi connectivity index (χ1) is 9.10.